The van der Waals surface area contributed by atoms with E-state index in [-0.39, 0.29) is 34.6 Å². The van der Waals surface area contributed by atoms with Crippen LogP contribution in [0.25, 0.3) is 0 Å². The van der Waals surface area contributed by atoms with Gasteiger partial charge in [-0.1, -0.05) is 12.1 Å². The lowest BCUT2D eigenvalue weighted by Crippen LogP contribution is -2.56. The quantitative estimate of drug-likeness (QED) is 0.812. The Bertz CT molecular complexity index is 918. The Morgan fingerprint density at radius 2 is 1.79 bits per heavy atom. The molecule has 6 rings (SSSR count). The topological polar surface area (TPSA) is 87.6 Å². The third-order valence-corrected chi connectivity index (χ3v) is 8.82. The van der Waals surface area contributed by atoms with E-state index >= 15 is 0 Å². The second kappa shape index (κ2) is 6.31. The van der Waals surface area contributed by atoms with Gasteiger partial charge in [0.05, 0.1) is 4.90 Å². The van der Waals surface area contributed by atoms with Crippen LogP contribution in [0.4, 0.5) is 0 Å². The Labute approximate surface area is 166 Å². The van der Waals surface area contributed by atoms with Crippen molar-refractivity contribution in [1.82, 2.24) is 10.0 Å². The largest absolute Gasteiger partial charge is 0.351 e. The zero-order valence-corrected chi connectivity index (χ0v) is 17.0. The Balaban J connectivity index is 1.27. The van der Waals surface area contributed by atoms with E-state index in [2.05, 4.69) is 22.0 Å². The summed E-state index contributed by atoms with van der Waals surface area (Å²) < 4.78 is 26.8. The molecule has 28 heavy (non-hydrogen) atoms. The Kier molecular flexibility index (Phi) is 4.09. The maximum absolute atomic E-state index is 12.6. The van der Waals surface area contributed by atoms with Crippen LogP contribution < -0.4 is 10.0 Å². The molecule has 1 amide bonds. The van der Waals surface area contributed by atoms with Gasteiger partial charge in [0, 0.05) is 11.6 Å². The van der Waals surface area contributed by atoms with E-state index in [4.69, 9.17) is 0 Å². The minimum absolute atomic E-state index is 0.0666. The van der Waals surface area contributed by atoms with Gasteiger partial charge in [0.25, 0.3) is 10.0 Å². The van der Waals surface area contributed by atoms with Crippen LogP contribution in [0, 0.1) is 23.2 Å². The van der Waals surface area contributed by atoms with Crippen molar-refractivity contribution in [3.05, 3.63) is 29.8 Å². The molecule has 4 bridgehead atoms. The molecule has 4 aliphatic carbocycles. The molecule has 1 heterocycles. The molecule has 4 saturated carbocycles. The lowest BCUT2D eigenvalue weighted by atomic mass is 9.48. The summed E-state index contributed by atoms with van der Waals surface area (Å²) in [5, 5.41) is 3.18. The fraction of sp³-hybridized carbons (Fsp3) is 0.619. The van der Waals surface area contributed by atoms with Crippen molar-refractivity contribution < 1.29 is 13.2 Å². The fourth-order valence-electron chi connectivity index (χ4n) is 6.55. The molecule has 1 atom stereocenters. The summed E-state index contributed by atoms with van der Waals surface area (Å²) >= 11 is 0. The smallest absolute Gasteiger partial charge is 0.263 e. The van der Waals surface area contributed by atoms with E-state index in [1.165, 1.54) is 38.5 Å². The normalized spacial score (nSPS) is 36.8. The Morgan fingerprint density at radius 3 is 2.43 bits per heavy atom. The molecule has 1 aliphatic heterocycles. The molecule has 1 aromatic rings. The maximum Gasteiger partial charge on any atom is 0.263 e. The molecule has 6 nitrogen and oxygen atoms in total. The van der Waals surface area contributed by atoms with Crippen LogP contribution in [-0.2, 0) is 14.8 Å². The van der Waals surface area contributed by atoms with E-state index in [9.17, 15) is 13.2 Å². The second-order valence-corrected chi connectivity index (χ2v) is 11.0. The second-order valence-electron chi connectivity index (χ2n) is 9.34. The molecule has 0 spiro atoms. The first-order chi connectivity index (χ1) is 13.3. The van der Waals surface area contributed by atoms with Crippen LogP contribution in [0.15, 0.2) is 34.2 Å². The van der Waals surface area contributed by atoms with Gasteiger partial charge in [0.15, 0.2) is 0 Å². The van der Waals surface area contributed by atoms with Crippen molar-refractivity contribution in [2.24, 2.45) is 28.2 Å². The number of nitrogens with zero attached hydrogens (tertiary/aromatic N) is 1. The lowest BCUT2D eigenvalue weighted by Gasteiger charge is -2.59. The average molecular weight is 402 g/mol. The molecule has 1 aromatic carbocycles. The van der Waals surface area contributed by atoms with Crippen molar-refractivity contribution in [2.75, 3.05) is 6.54 Å². The number of carbonyl (C=O) groups excluding carboxylic acids is 1. The molecule has 1 unspecified atom stereocenters. The number of nitrogens with one attached hydrogen (secondary N) is 2. The molecular weight excluding hydrogens is 374 g/mol. The zero-order valence-electron chi connectivity index (χ0n) is 16.1. The first-order valence-corrected chi connectivity index (χ1v) is 11.8. The van der Waals surface area contributed by atoms with E-state index in [0.29, 0.717) is 5.56 Å². The van der Waals surface area contributed by atoms with E-state index in [0.717, 1.165) is 17.8 Å². The number of hydrogen-bond acceptors (Lipinski definition) is 4. The molecule has 4 fully saturated rings. The first-order valence-electron chi connectivity index (χ1n) is 10.3. The van der Waals surface area contributed by atoms with Gasteiger partial charge in [-0.2, -0.15) is 0 Å². The van der Waals surface area contributed by atoms with Gasteiger partial charge in [0.1, 0.15) is 12.4 Å². The van der Waals surface area contributed by atoms with E-state index in [1.807, 2.05) is 0 Å². The Hall–Kier alpha value is -1.89. The predicted molar refractivity (Wildman–Crippen MR) is 106 cm³/mol. The summed E-state index contributed by atoms with van der Waals surface area (Å²) in [5.41, 5.74) is 0.781. The summed E-state index contributed by atoms with van der Waals surface area (Å²) in [5.74, 6) is 2.65. The van der Waals surface area contributed by atoms with Gasteiger partial charge >= 0.3 is 0 Å². The number of aliphatic imine (C=N–C) groups is 1. The molecule has 2 N–H and O–H groups in total. The molecule has 0 saturated heterocycles. The number of rotatable bonds is 4. The SMILES string of the molecule is CC(NC(=O)CN=C1NS(=O)(=O)c2ccccc21)C12CC3CC(CC(C3)C1)C2. The lowest BCUT2D eigenvalue weighted by molar-refractivity contribution is -0.124. The van der Waals surface area contributed by atoms with Gasteiger partial charge in [-0.3, -0.25) is 14.5 Å². The van der Waals surface area contributed by atoms with Gasteiger partial charge in [0.2, 0.25) is 5.91 Å². The predicted octanol–water partition coefficient (Wildman–Crippen LogP) is 2.45. The molecular formula is C21H27N3O3S. The molecule has 0 radical (unpaired) electrons. The highest BCUT2D eigenvalue weighted by Crippen LogP contribution is 2.61. The molecule has 150 valence electrons. The molecule has 0 aromatic heterocycles. The van der Waals surface area contributed by atoms with Crippen molar-refractivity contribution >= 4 is 21.8 Å². The first kappa shape index (κ1) is 18.2. The van der Waals surface area contributed by atoms with Gasteiger partial charge in [-0.25, -0.2) is 8.42 Å². The summed E-state index contributed by atoms with van der Waals surface area (Å²) in [6.45, 7) is 2.08. The maximum atomic E-state index is 12.6. The van der Waals surface area contributed by atoms with Crippen LogP contribution in [-0.4, -0.2) is 32.7 Å². The third-order valence-electron chi connectivity index (χ3n) is 7.43. The number of amides is 1. The third kappa shape index (κ3) is 2.95. The van der Waals surface area contributed by atoms with Crippen molar-refractivity contribution in [2.45, 2.75) is 56.4 Å². The highest BCUT2D eigenvalue weighted by Gasteiger charge is 2.53. The monoisotopic (exact) mass is 401 g/mol. The highest BCUT2D eigenvalue weighted by molar-refractivity contribution is 7.90. The molecule has 5 aliphatic rings. The summed E-state index contributed by atoms with van der Waals surface area (Å²) in [6, 6.07) is 6.85. The van der Waals surface area contributed by atoms with Gasteiger partial charge in [-0.05, 0) is 80.8 Å². The number of fused-ring (bicyclic) bond motifs is 1. The van der Waals surface area contributed by atoms with Crippen LogP contribution in [0.2, 0.25) is 0 Å². The summed E-state index contributed by atoms with van der Waals surface area (Å²) in [4.78, 5) is 17.1. The number of amidine groups is 1. The number of benzene rings is 1. The van der Waals surface area contributed by atoms with E-state index < -0.39 is 10.0 Å². The van der Waals surface area contributed by atoms with Gasteiger partial charge < -0.3 is 5.32 Å². The fourth-order valence-corrected chi connectivity index (χ4v) is 7.80. The minimum Gasteiger partial charge on any atom is -0.351 e. The Morgan fingerprint density at radius 1 is 1.18 bits per heavy atom. The van der Waals surface area contributed by atoms with Crippen LogP contribution in [0.5, 0.6) is 0 Å². The van der Waals surface area contributed by atoms with Crippen LogP contribution in [0.1, 0.15) is 51.0 Å². The van der Waals surface area contributed by atoms with Gasteiger partial charge in [-0.15, -0.1) is 0 Å². The standard InChI is InChI=1S/C21H27N3O3S/c1-13(21-9-14-6-15(10-21)8-16(7-14)11-21)23-19(25)12-22-20-17-4-2-3-5-18(17)28(26,27)24-20/h2-5,13-16H,6-12H2,1H3,(H,22,24)(H,23,25). The van der Waals surface area contributed by atoms with E-state index in [1.54, 1.807) is 24.3 Å². The highest BCUT2D eigenvalue weighted by atomic mass is 32.2. The minimum atomic E-state index is -3.57. The van der Waals surface area contributed by atoms with Crippen molar-refractivity contribution in [3.63, 3.8) is 0 Å². The summed E-state index contributed by atoms with van der Waals surface area (Å²) in [6.07, 6.45) is 7.86. The summed E-state index contributed by atoms with van der Waals surface area (Å²) in [7, 11) is -3.57. The number of sulfonamides is 1. The zero-order chi connectivity index (χ0) is 19.5. The van der Waals surface area contributed by atoms with Crippen LogP contribution in [0.3, 0.4) is 0 Å². The number of hydrogen-bond donors (Lipinski definition) is 2. The molecule has 7 heteroatoms. The van der Waals surface area contributed by atoms with Crippen molar-refractivity contribution in [3.8, 4) is 0 Å². The number of carbonyl (C=O) groups is 1. The van der Waals surface area contributed by atoms with Crippen LogP contribution >= 0.6 is 0 Å². The van der Waals surface area contributed by atoms with Crippen molar-refractivity contribution in [1.29, 1.82) is 0 Å². The average Bonchev–Trinajstić information content (AvgIpc) is 2.90.